The molecule has 0 N–H and O–H groups in total. The van der Waals surface area contributed by atoms with Crippen LogP contribution in [0.25, 0.3) is 0 Å². The Kier molecular flexibility index (Phi) is 21.1. The first-order valence-electron chi connectivity index (χ1n) is 15.4. The SMILES string of the molecule is CCCCCCCCCCCCCc1n(CCCCCCCCCCCC)cc[n+]1CCC. The van der Waals surface area contributed by atoms with E-state index in [2.05, 4.69) is 42.3 Å². The summed E-state index contributed by atoms with van der Waals surface area (Å²) >= 11 is 0. The summed E-state index contributed by atoms with van der Waals surface area (Å²) in [5.74, 6) is 1.59. The highest BCUT2D eigenvalue weighted by atomic mass is 15.1. The zero-order valence-corrected chi connectivity index (χ0v) is 23.2. The predicted octanol–water partition coefficient (Wildman–Crippen LogP) is 9.96. The average molecular weight is 462 g/mol. The van der Waals surface area contributed by atoms with Gasteiger partial charge in [-0.3, -0.25) is 0 Å². The van der Waals surface area contributed by atoms with E-state index in [0.29, 0.717) is 0 Å². The number of nitrogens with zero attached hydrogens (tertiary/aromatic N) is 2. The highest BCUT2D eigenvalue weighted by Gasteiger charge is 2.15. The van der Waals surface area contributed by atoms with Crippen LogP contribution in [0.1, 0.15) is 168 Å². The van der Waals surface area contributed by atoms with E-state index < -0.39 is 0 Å². The van der Waals surface area contributed by atoms with Gasteiger partial charge in [0.15, 0.2) is 0 Å². The molecule has 0 bridgehead atoms. The second kappa shape index (κ2) is 23.0. The van der Waals surface area contributed by atoms with Gasteiger partial charge in [-0.2, -0.15) is 0 Å². The molecule has 0 radical (unpaired) electrons. The number of aryl methyl sites for hydroxylation is 2. The van der Waals surface area contributed by atoms with Crippen LogP contribution in [-0.4, -0.2) is 4.57 Å². The molecule has 0 saturated carbocycles. The number of rotatable bonds is 25. The molecule has 1 aromatic heterocycles. The van der Waals surface area contributed by atoms with Crippen LogP contribution in [0.4, 0.5) is 0 Å². The van der Waals surface area contributed by atoms with Crippen LogP contribution in [0, 0.1) is 0 Å². The van der Waals surface area contributed by atoms with Gasteiger partial charge in [0.1, 0.15) is 12.4 Å². The van der Waals surface area contributed by atoms with E-state index in [1.165, 1.54) is 161 Å². The van der Waals surface area contributed by atoms with Crippen LogP contribution in [0.3, 0.4) is 0 Å². The standard InChI is InChI=1S/C31H61N2/c1-4-7-9-11-13-15-17-18-20-22-24-26-31-32(27-6-3)29-30-33(31)28-25-23-21-19-16-14-12-10-8-5-2/h29-30H,4-28H2,1-3H3/q+1. The van der Waals surface area contributed by atoms with E-state index in [1.807, 2.05) is 0 Å². The minimum Gasteiger partial charge on any atom is -0.234 e. The topological polar surface area (TPSA) is 8.81 Å². The Morgan fingerprint density at radius 3 is 1.39 bits per heavy atom. The van der Waals surface area contributed by atoms with Crippen molar-refractivity contribution in [1.82, 2.24) is 4.57 Å². The summed E-state index contributed by atoms with van der Waals surface area (Å²) < 4.78 is 5.11. The zero-order chi connectivity index (χ0) is 23.8. The monoisotopic (exact) mass is 461 g/mol. The molecule has 0 aromatic carbocycles. The minimum atomic E-state index is 1.18. The maximum absolute atomic E-state index is 2.58. The van der Waals surface area contributed by atoms with E-state index >= 15 is 0 Å². The van der Waals surface area contributed by atoms with Crippen LogP contribution in [-0.2, 0) is 19.5 Å². The van der Waals surface area contributed by atoms with Crippen molar-refractivity contribution in [3.05, 3.63) is 18.2 Å². The summed E-state index contributed by atoms with van der Waals surface area (Å²) in [5.41, 5.74) is 0. The lowest BCUT2D eigenvalue weighted by Crippen LogP contribution is -2.37. The summed E-state index contributed by atoms with van der Waals surface area (Å²) in [6.07, 6.45) is 37.2. The van der Waals surface area contributed by atoms with Crippen LogP contribution < -0.4 is 4.57 Å². The highest BCUT2D eigenvalue weighted by molar-refractivity contribution is 4.84. The van der Waals surface area contributed by atoms with Crippen molar-refractivity contribution in [3.8, 4) is 0 Å². The number of hydrogen-bond donors (Lipinski definition) is 0. The van der Waals surface area contributed by atoms with E-state index in [1.54, 1.807) is 5.82 Å². The maximum atomic E-state index is 2.58. The molecule has 1 aromatic rings. The Balaban J connectivity index is 2.15. The second-order valence-electron chi connectivity index (χ2n) is 10.6. The largest absolute Gasteiger partial charge is 0.256 e. The Labute approximate surface area is 208 Å². The molecule has 0 atom stereocenters. The molecule has 2 heteroatoms. The van der Waals surface area contributed by atoms with Gasteiger partial charge < -0.3 is 0 Å². The lowest BCUT2D eigenvalue weighted by Gasteiger charge is -2.06. The fourth-order valence-electron chi connectivity index (χ4n) is 5.15. The fraction of sp³-hybridized carbons (Fsp3) is 0.903. The van der Waals surface area contributed by atoms with Gasteiger partial charge in [-0.05, 0) is 25.7 Å². The molecular weight excluding hydrogens is 400 g/mol. The molecule has 2 nitrogen and oxygen atoms in total. The van der Waals surface area contributed by atoms with Crippen LogP contribution in [0.15, 0.2) is 12.4 Å². The van der Waals surface area contributed by atoms with Crippen LogP contribution in [0.5, 0.6) is 0 Å². The van der Waals surface area contributed by atoms with Crippen molar-refractivity contribution in [2.75, 3.05) is 0 Å². The van der Waals surface area contributed by atoms with Gasteiger partial charge in [0.2, 0.25) is 0 Å². The molecule has 0 aliphatic heterocycles. The molecule has 194 valence electrons. The zero-order valence-electron chi connectivity index (χ0n) is 23.2. The Morgan fingerprint density at radius 2 is 0.939 bits per heavy atom. The van der Waals surface area contributed by atoms with Gasteiger partial charge >= 0.3 is 0 Å². The van der Waals surface area contributed by atoms with Crippen molar-refractivity contribution in [2.24, 2.45) is 0 Å². The summed E-state index contributed by atoms with van der Waals surface area (Å²) in [6.45, 7) is 9.31. The van der Waals surface area contributed by atoms with Crippen molar-refractivity contribution in [2.45, 2.75) is 182 Å². The first kappa shape index (κ1) is 30.2. The first-order chi connectivity index (χ1) is 16.3. The third-order valence-corrected chi connectivity index (χ3v) is 7.31. The van der Waals surface area contributed by atoms with E-state index in [-0.39, 0.29) is 0 Å². The van der Waals surface area contributed by atoms with Gasteiger partial charge in [0.25, 0.3) is 5.82 Å². The molecular formula is C31H61N2+. The molecule has 0 saturated heterocycles. The molecule has 1 heterocycles. The Hall–Kier alpha value is -0.790. The molecule has 1 rings (SSSR count). The normalized spacial score (nSPS) is 11.5. The van der Waals surface area contributed by atoms with Gasteiger partial charge in [0.05, 0.1) is 13.1 Å². The van der Waals surface area contributed by atoms with Crippen LogP contribution in [0.2, 0.25) is 0 Å². The number of imidazole rings is 1. The second-order valence-corrected chi connectivity index (χ2v) is 10.6. The van der Waals surface area contributed by atoms with Crippen LogP contribution >= 0.6 is 0 Å². The molecule has 0 amide bonds. The number of hydrogen-bond acceptors (Lipinski definition) is 0. The van der Waals surface area contributed by atoms with Gasteiger partial charge in [-0.1, -0.05) is 136 Å². The quantitative estimate of drug-likeness (QED) is 0.101. The predicted molar refractivity (Wildman–Crippen MR) is 147 cm³/mol. The summed E-state index contributed by atoms with van der Waals surface area (Å²) in [4.78, 5) is 0. The minimum absolute atomic E-state index is 1.18. The molecule has 0 unspecified atom stereocenters. The fourth-order valence-corrected chi connectivity index (χ4v) is 5.15. The van der Waals surface area contributed by atoms with Crippen molar-refractivity contribution in [1.29, 1.82) is 0 Å². The Bertz CT molecular complexity index is 519. The van der Waals surface area contributed by atoms with Gasteiger partial charge in [0, 0.05) is 6.42 Å². The summed E-state index contributed by atoms with van der Waals surface area (Å²) in [6, 6.07) is 0. The van der Waals surface area contributed by atoms with E-state index in [0.717, 1.165) is 0 Å². The molecule has 0 aliphatic rings. The third-order valence-electron chi connectivity index (χ3n) is 7.31. The first-order valence-corrected chi connectivity index (χ1v) is 15.4. The lowest BCUT2D eigenvalue weighted by atomic mass is 10.1. The molecule has 33 heavy (non-hydrogen) atoms. The molecule has 0 aliphatic carbocycles. The Morgan fingerprint density at radius 1 is 0.515 bits per heavy atom. The summed E-state index contributed by atoms with van der Waals surface area (Å²) in [5, 5.41) is 0. The number of unbranched alkanes of at least 4 members (excludes halogenated alkanes) is 19. The number of aromatic nitrogens is 2. The van der Waals surface area contributed by atoms with Crippen molar-refractivity contribution < 1.29 is 4.57 Å². The third kappa shape index (κ3) is 16.5. The van der Waals surface area contributed by atoms with Gasteiger partial charge in [-0.15, -0.1) is 0 Å². The molecule has 0 spiro atoms. The summed E-state index contributed by atoms with van der Waals surface area (Å²) in [7, 11) is 0. The lowest BCUT2D eigenvalue weighted by molar-refractivity contribution is -0.703. The molecule has 0 fully saturated rings. The van der Waals surface area contributed by atoms with E-state index in [9.17, 15) is 0 Å². The van der Waals surface area contributed by atoms with Crippen molar-refractivity contribution >= 4 is 0 Å². The maximum Gasteiger partial charge on any atom is 0.256 e. The van der Waals surface area contributed by atoms with Crippen molar-refractivity contribution in [3.63, 3.8) is 0 Å². The highest BCUT2D eigenvalue weighted by Crippen LogP contribution is 2.14. The average Bonchev–Trinajstić information content (AvgIpc) is 3.20. The smallest absolute Gasteiger partial charge is 0.234 e. The van der Waals surface area contributed by atoms with Gasteiger partial charge in [-0.25, -0.2) is 9.13 Å². The van der Waals surface area contributed by atoms with E-state index in [4.69, 9.17) is 0 Å².